The van der Waals surface area contributed by atoms with Gasteiger partial charge in [0.1, 0.15) is 0 Å². The Kier molecular flexibility index (Phi) is 4.97. The molecule has 0 bridgehead atoms. The zero-order chi connectivity index (χ0) is 17.8. The van der Waals surface area contributed by atoms with Crippen molar-refractivity contribution in [2.75, 3.05) is 21.0 Å². The summed E-state index contributed by atoms with van der Waals surface area (Å²) in [7, 11) is 3.21. The third-order valence-corrected chi connectivity index (χ3v) is 4.00. The molecule has 1 amide bonds. The average molecular weight is 343 g/mol. The average Bonchev–Trinajstić information content (AvgIpc) is 3.09. The van der Waals surface area contributed by atoms with Crippen molar-refractivity contribution in [2.45, 2.75) is 19.4 Å². The summed E-state index contributed by atoms with van der Waals surface area (Å²) in [5.41, 5.74) is 1.60. The van der Waals surface area contributed by atoms with Crippen molar-refractivity contribution in [3.63, 3.8) is 0 Å². The van der Waals surface area contributed by atoms with E-state index in [0.29, 0.717) is 35.0 Å². The van der Waals surface area contributed by atoms with Crippen molar-refractivity contribution in [3.05, 3.63) is 47.5 Å². The Labute approximate surface area is 146 Å². The first kappa shape index (κ1) is 17.0. The lowest BCUT2D eigenvalue weighted by atomic mass is 10.1. The second-order valence-corrected chi connectivity index (χ2v) is 5.84. The molecular weight excluding hydrogens is 322 g/mol. The van der Waals surface area contributed by atoms with E-state index in [2.05, 4.69) is 5.32 Å². The molecular formula is C19H21NO5. The molecule has 6 heteroatoms. The van der Waals surface area contributed by atoms with Crippen LogP contribution in [0.2, 0.25) is 0 Å². The molecule has 25 heavy (non-hydrogen) atoms. The smallest absolute Gasteiger partial charge is 0.251 e. The normalized spacial score (nSPS) is 13.2. The summed E-state index contributed by atoms with van der Waals surface area (Å²) in [6, 6.07) is 10.9. The Morgan fingerprint density at radius 1 is 1.08 bits per heavy atom. The van der Waals surface area contributed by atoms with Gasteiger partial charge < -0.3 is 24.3 Å². The first-order valence-corrected chi connectivity index (χ1v) is 8.02. The van der Waals surface area contributed by atoms with Crippen LogP contribution in [0.4, 0.5) is 0 Å². The number of ether oxygens (including phenoxy) is 4. The van der Waals surface area contributed by atoms with E-state index in [-0.39, 0.29) is 18.7 Å². The van der Waals surface area contributed by atoms with Crippen LogP contribution in [0, 0.1) is 0 Å². The number of carbonyl (C=O) groups excluding carboxylic acids is 1. The van der Waals surface area contributed by atoms with Gasteiger partial charge in [-0.3, -0.25) is 4.79 Å². The van der Waals surface area contributed by atoms with E-state index in [9.17, 15) is 4.79 Å². The molecule has 0 aliphatic carbocycles. The molecule has 1 aliphatic heterocycles. The van der Waals surface area contributed by atoms with Crippen LogP contribution in [0.15, 0.2) is 36.4 Å². The molecule has 6 nitrogen and oxygen atoms in total. The van der Waals surface area contributed by atoms with Gasteiger partial charge in [-0.2, -0.15) is 0 Å². The molecule has 1 atom stereocenters. The molecule has 132 valence electrons. The standard InChI is InChI=1S/C19H21NO5/c1-12(8-13-4-6-15(22-2)17(9-13)23-3)20-19(21)14-5-7-16-18(10-14)25-11-24-16/h4-7,9-10,12H,8,11H2,1-3H3,(H,20,21)/t12-/m0/s1. The van der Waals surface area contributed by atoms with Crippen molar-refractivity contribution in [1.82, 2.24) is 5.32 Å². The van der Waals surface area contributed by atoms with E-state index in [1.54, 1.807) is 32.4 Å². The second kappa shape index (κ2) is 7.34. The highest BCUT2D eigenvalue weighted by Gasteiger charge is 2.17. The highest BCUT2D eigenvalue weighted by atomic mass is 16.7. The predicted octanol–water partition coefficient (Wildman–Crippen LogP) is 2.79. The van der Waals surface area contributed by atoms with Gasteiger partial charge in [-0.05, 0) is 49.2 Å². The van der Waals surface area contributed by atoms with E-state index in [0.717, 1.165) is 5.56 Å². The van der Waals surface area contributed by atoms with Crippen molar-refractivity contribution >= 4 is 5.91 Å². The minimum Gasteiger partial charge on any atom is -0.493 e. The van der Waals surface area contributed by atoms with Gasteiger partial charge in [0.05, 0.1) is 14.2 Å². The molecule has 3 rings (SSSR count). The van der Waals surface area contributed by atoms with Gasteiger partial charge in [0.15, 0.2) is 23.0 Å². The first-order chi connectivity index (χ1) is 12.1. The maximum atomic E-state index is 12.4. The SMILES string of the molecule is COc1ccc(C[C@H](C)NC(=O)c2ccc3c(c2)OCO3)cc1OC. The van der Waals surface area contributed by atoms with Gasteiger partial charge in [0.25, 0.3) is 5.91 Å². The number of hydrogen-bond acceptors (Lipinski definition) is 5. The Balaban J connectivity index is 1.64. The topological polar surface area (TPSA) is 66.0 Å². The van der Waals surface area contributed by atoms with Crippen molar-refractivity contribution in [3.8, 4) is 23.0 Å². The molecule has 1 heterocycles. The molecule has 2 aromatic rings. The van der Waals surface area contributed by atoms with Gasteiger partial charge in [0.2, 0.25) is 6.79 Å². The number of benzene rings is 2. The van der Waals surface area contributed by atoms with Crippen molar-refractivity contribution in [1.29, 1.82) is 0 Å². The molecule has 0 saturated heterocycles. The third kappa shape index (κ3) is 3.79. The van der Waals surface area contributed by atoms with Crippen LogP contribution in [0.3, 0.4) is 0 Å². The largest absolute Gasteiger partial charge is 0.493 e. The number of rotatable bonds is 6. The van der Waals surface area contributed by atoms with E-state index < -0.39 is 0 Å². The van der Waals surface area contributed by atoms with Gasteiger partial charge in [-0.1, -0.05) is 6.07 Å². The summed E-state index contributed by atoms with van der Waals surface area (Å²) in [6.45, 7) is 2.15. The Morgan fingerprint density at radius 3 is 2.60 bits per heavy atom. The molecule has 0 aromatic heterocycles. The summed E-state index contributed by atoms with van der Waals surface area (Å²) in [5.74, 6) is 2.47. The van der Waals surface area contributed by atoms with Crippen LogP contribution >= 0.6 is 0 Å². The van der Waals surface area contributed by atoms with E-state index in [4.69, 9.17) is 18.9 Å². The summed E-state index contributed by atoms with van der Waals surface area (Å²) in [6.07, 6.45) is 0.677. The lowest BCUT2D eigenvalue weighted by molar-refractivity contribution is 0.0939. The molecule has 0 radical (unpaired) electrons. The molecule has 1 N–H and O–H groups in total. The zero-order valence-electron chi connectivity index (χ0n) is 14.5. The van der Waals surface area contributed by atoms with Gasteiger partial charge >= 0.3 is 0 Å². The second-order valence-electron chi connectivity index (χ2n) is 5.84. The maximum Gasteiger partial charge on any atom is 0.251 e. The van der Waals surface area contributed by atoms with Crippen LogP contribution in [-0.4, -0.2) is 33.0 Å². The monoisotopic (exact) mass is 343 g/mol. The maximum absolute atomic E-state index is 12.4. The Bertz CT molecular complexity index is 774. The summed E-state index contributed by atoms with van der Waals surface area (Å²) >= 11 is 0. The molecule has 0 fully saturated rings. The predicted molar refractivity (Wildman–Crippen MR) is 92.7 cm³/mol. The molecule has 0 unspecified atom stereocenters. The molecule has 0 spiro atoms. The highest BCUT2D eigenvalue weighted by molar-refractivity contribution is 5.95. The quantitative estimate of drug-likeness (QED) is 0.874. The Morgan fingerprint density at radius 2 is 1.84 bits per heavy atom. The summed E-state index contributed by atoms with van der Waals surface area (Å²) < 4.78 is 21.1. The summed E-state index contributed by atoms with van der Waals surface area (Å²) in [5, 5.41) is 2.99. The number of fused-ring (bicyclic) bond motifs is 1. The lowest BCUT2D eigenvalue weighted by Gasteiger charge is -2.15. The van der Waals surface area contributed by atoms with Crippen LogP contribution in [-0.2, 0) is 6.42 Å². The fraction of sp³-hybridized carbons (Fsp3) is 0.316. The van der Waals surface area contributed by atoms with Crippen molar-refractivity contribution < 1.29 is 23.7 Å². The van der Waals surface area contributed by atoms with Gasteiger partial charge in [0, 0.05) is 11.6 Å². The molecule has 0 saturated carbocycles. The third-order valence-electron chi connectivity index (χ3n) is 4.00. The van der Waals surface area contributed by atoms with Crippen LogP contribution in [0.5, 0.6) is 23.0 Å². The fourth-order valence-electron chi connectivity index (χ4n) is 2.76. The first-order valence-electron chi connectivity index (χ1n) is 8.02. The van der Waals surface area contributed by atoms with Crippen LogP contribution in [0.1, 0.15) is 22.8 Å². The minimum absolute atomic E-state index is 0.0453. The number of amides is 1. The number of nitrogens with one attached hydrogen (secondary N) is 1. The zero-order valence-corrected chi connectivity index (χ0v) is 14.5. The van der Waals surface area contributed by atoms with E-state index in [1.165, 1.54) is 0 Å². The number of methoxy groups -OCH3 is 2. The number of hydrogen-bond donors (Lipinski definition) is 1. The van der Waals surface area contributed by atoms with Crippen LogP contribution < -0.4 is 24.3 Å². The van der Waals surface area contributed by atoms with Gasteiger partial charge in [-0.15, -0.1) is 0 Å². The Hall–Kier alpha value is -2.89. The minimum atomic E-state index is -0.147. The van der Waals surface area contributed by atoms with E-state index >= 15 is 0 Å². The highest BCUT2D eigenvalue weighted by Crippen LogP contribution is 2.32. The van der Waals surface area contributed by atoms with E-state index in [1.807, 2.05) is 25.1 Å². The molecule has 2 aromatic carbocycles. The fourth-order valence-corrected chi connectivity index (χ4v) is 2.76. The number of carbonyl (C=O) groups is 1. The lowest BCUT2D eigenvalue weighted by Crippen LogP contribution is -2.34. The van der Waals surface area contributed by atoms with Crippen LogP contribution in [0.25, 0.3) is 0 Å². The summed E-state index contributed by atoms with van der Waals surface area (Å²) in [4.78, 5) is 12.4. The van der Waals surface area contributed by atoms with Gasteiger partial charge in [-0.25, -0.2) is 0 Å². The molecule has 1 aliphatic rings. The van der Waals surface area contributed by atoms with Crippen molar-refractivity contribution in [2.24, 2.45) is 0 Å².